The number of nitrogens with one attached hydrogen (secondary N) is 1. The smallest absolute Gasteiger partial charge is 0.334 e. The lowest BCUT2D eigenvalue weighted by atomic mass is 10.2. The molecule has 58 valence electrons. The molecule has 1 aliphatic heterocycles. The Labute approximate surface area is 59.2 Å². The largest absolute Gasteiger partial charge is 0.479 e. The van der Waals surface area contributed by atoms with E-state index in [0.717, 1.165) is 6.54 Å². The normalized spacial score (nSPS) is 33.7. The summed E-state index contributed by atoms with van der Waals surface area (Å²) < 4.78 is 5.09. The van der Waals surface area contributed by atoms with Crippen LogP contribution in [0.2, 0.25) is 0 Å². The van der Waals surface area contributed by atoms with Gasteiger partial charge in [0.15, 0.2) is 6.10 Å². The molecule has 2 unspecified atom stereocenters. The van der Waals surface area contributed by atoms with Crippen LogP contribution in [-0.4, -0.2) is 36.4 Å². The van der Waals surface area contributed by atoms with Crippen molar-refractivity contribution >= 4 is 5.97 Å². The Hall–Kier alpha value is -0.610. The monoisotopic (exact) mass is 145 g/mol. The molecule has 0 aromatic rings. The molecule has 0 aliphatic carbocycles. The van der Waals surface area contributed by atoms with Crippen LogP contribution in [0.25, 0.3) is 0 Å². The first-order valence-corrected chi connectivity index (χ1v) is 3.29. The molecule has 0 aromatic carbocycles. The first kappa shape index (κ1) is 7.50. The van der Waals surface area contributed by atoms with Crippen molar-refractivity contribution in [3.63, 3.8) is 0 Å². The molecule has 4 heteroatoms. The van der Waals surface area contributed by atoms with Gasteiger partial charge in [-0.05, 0) is 6.92 Å². The van der Waals surface area contributed by atoms with Crippen molar-refractivity contribution in [1.82, 2.24) is 5.32 Å². The molecule has 0 saturated carbocycles. The topological polar surface area (TPSA) is 58.6 Å². The molecule has 0 amide bonds. The van der Waals surface area contributed by atoms with Crippen LogP contribution < -0.4 is 5.32 Å². The quantitative estimate of drug-likeness (QED) is 0.519. The van der Waals surface area contributed by atoms with Crippen molar-refractivity contribution in [2.45, 2.75) is 19.1 Å². The standard InChI is InChI=1S/C6H11NO3/c1-4-2-7-3-5(10-4)6(8)9/h4-5,7H,2-3H2,1H3,(H,8,9). The van der Waals surface area contributed by atoms with E-state index in [1.807, 2.05) is 6.92 Å². The van der Waals surface area contributed by atoms with Crippen LogP contribution in [0.1, 0.15) is 6.92 Å². The van der Waals surface area contributed by atoms with Gasteiger partial charge in [-0.1, -0.05) is 0 Å². The van der Waals surface area contributed by atoms with Crippen LogP contribution in [0.15, 0.2) is 0 Å². The van der Waals surface area contributed by atoms with E-state index in [2.05, 4.69) is 5.32 Å². The van der Waals surface area contributed by atoms with E-state index in [4.69, 9.17) is 9.84 Å². The second-order valence-electron chi connectivity index (χ2n) is 2.43. The maximum atomic E-state index is 10.3. The van der Waals surface area contributed by atoms with E-state index in [1.54, 1.807) is 0 Å². The van der Waals surface area contributed by atoms with Gasteiger partial charge in [0.2, 0.25) is 0 Å². The van der Waals surface area contributed by atoms with Crippen LogP contribution >= 0.6 is 0 Å². The molecule has 10 heavy (non-hydrogen) atoms. The van der Waals surface area contributed by atoms with Crippen LogP contribution in [0.4, 0.5) is 0 Å². The van der Waals surface area contributed by atoms with Crippen LogP contribution in [0, 0.1) is 0 Å². The average molecular weight is 145 g/mol. The summed E-state index contributed by atoms with van der Waals surface area (Å²) in [6.45, 7) is 3.01. The summed E-state index contributed by atoms with van der Waals surface area (Å²) in [5, 5.41) is 11.5. The summed E-state index contributed by atoms with van der Waals surface area (Å²) in [7, 11) is 0. The molecule has 0 bridgehead atoms. The second-order valence-corrected chi connectivity index (χ2v) is 2.43. The number of hydrogen-bond donors (Lipinski definition) is 2. The first-order chi connectivity index (χ1) is 4.70. The van der Waals surface area contributed by atoms with Gasteiger partial charge in [0.25, 0.3) is 0 Å². The number of ether oxygens (including phenoxy) is 1. The molecule has 1 fully saturated rings. The zero-order valence-electron chi connectivity index (χ0n) is 5.83. The number of carboxylic acid groups (broad SMARTS) is 1. The minimum atomic E-state index is -0.890. The van der Waals surface area contributed by atoms with Gasteiger partial charge in [0.05, 0.1) is 6.10 Å². The third-order valence-corrected chi connectivity index (χ3v) is 1.43. The van der Waals surface area contributed by atoms with Gasteiger partial charge in [-0.3, -0.25) is 0 Å². The highest BCUT2D eigenvalue weighted by Crippen LogP contribution is 2.02. The Balaban J connectivity index is 2.39. The Morgan fingerprint density at radius 2 is 2.40 bits per heavy atom. The number of carboxylic acids is 1. The first-order valence-electron chi connectivity index (χ1n) is 3.29. The van der Waals surface area contributed by atoms with Crippen LogP contribution in [0.5, 0.6) is 0 Å². The fourth-order valence-electron chi connectivity index (χ4n) is 0.940. The molecular weight excluding hydrogens is 134 g/mol. The molecule has 0 radical (unpaired) electrons. The van der Waals surface area contributed by atoms with Crippen molar-refractivity contribution in [3.8, 4) is 0 Å². The average Bonchev–Trinajstić information content (AvgIpc) is 1.88. The van der Waals surface area contributed by atoms with Gasteiger partial charge in [0, 0.05) is 13.1 Å². The van der Waals surface area contributed by atoms with E-state index < -0.39 is 12.1 Å². The lowest BCUT2D eigenvalue weighted by Gasteiger charge is -2.25. The summed E-state index contributed by atoms with van der Waals surface area (Å²) in [5.74, 6) is -0.890. The predicted molar refractivity (Wildman–Crippen MR) is 34.8 cm³/mol. The summed E-state index contributed by atoms with van der Waals surface area (Å²) in [4.78, 5) is 10.3. The molecule has 4 nitrogen and oxygen atoms in total. The van der Waals surface area contributed by atoms with Crippen molar-refractivity contribution in [2.24, 2.45) is 0 Å². The highest BCUT2D eigenvalue weighted by atomic mass is 16.5. The van der Waals surface area contributed by atoms with E-state index in [-0.39, 0.29) is 6.10 Å². The summed E-state index contributed by atoms with van der Waals surface area (Å²) in [6.07, 6.45) is -0.654. The van der Waals surface area contributed by atoms with Gasteiger partial charge < -0.3 is 15.2 Å². The molecule has 0 aromatic heterocycles. The molecule has 1 rings (SSSR count). The Morgan fingerprint density at radius 1 is 1.70 bits per heavy atom. The van der Waals surface area contributed by atoms with Crippen molar-refractivity contribution in [1.29, 1.82) is 0 Å². The maximum absolute atomic E-state index is 10.3. The van der Waals surface area contributed by atoms with E-state index in [9.17, 15) is 4.79 Å². The molecular formula is C6H11NO3. The number of carbonyl (C=O) groups is 1. The highest BCUT2D eigenvalue weighted by Gasteiger charge is 2.24. The SMILES string of the molecule is CC1CNCC(C(=O)O)O1. The van der Waals surface area contributed by atoms with Crippen LogP contribution in [-0.2, 0) is 9.53 Å². The lowest BCUT2D eigenvalue weighted by molar-refractivity contribution is -0.156. The van der Waals surface area contributed by atoms with Gasteiger partial charge in [0.1, 0.15) is 0 Å². The Kier molecular flexibility index (Phi) is 2.24. The van der Waals surface area contributed by atoms with Crippen LogP contribution in [0.3, 0.4) is 0 Å². The van der Waals surface area contributed by atoms with E-state index in [0.29, 0.717) is 6.54 Å². The molecule has 2 atom stereocenters. The minimum absolute atomic E-state index is 0.00912. The lowest BCUT2D eigenvalue weighted by Crippen LogP contribution is -2.46. The van der Waals surface area contributed by atoms with Gasteiger partial charge in [-0.25, -0.2) is 4.79 Å². The zero-order chi connectivity index (χ0) is 7.56. The molecule has 1 aliphatic rings. The third kappa shape index (κ3) is 1.68. The van der Waals surface area contributed by atoms with E-state index in [1.165, 1.54) is 0 Å². The Bertz CT molecular complexity index is 137. The van der Waals surface area contributed by atoms with Crippen molar-refractivity contribution in [2.75, 3.05) is 13.1 Å². The second kappa shape index (κ2) is 2.98. The summed E-state index contributed by atoms with van der Waals surface area (Å²) >= 11 is 0. The summed E-state index contributed by atoms with van der Waals surface area (Å²) in [5.41, 5.74) is 0. The number of aliphatic carboxylic acids is 1. The number of hydrogen-bond acceptors (Lipinski definition) is 3. The third-order valence-electron chi connectivity index (χ3n) is 1.43. The molecule has 1 saturated heterocycles. The molecule has 2 N–H and O–H groups in total. The number of morpholine rings is 1. The number of rotatable bonds is 1. The van der Waals surface area contributed by atoms with E-state index >= 15 is 0 Å². The predicted octanol–water partition coefficient (Wildman–Crippen LogP) is -0.552. The van der Waals surface area contributed by atoms with Gasteiger partial charge in [-0.2, -0.15) is 0 Å². The van der Waals surface area contributed by atoms with Gasteiger partial charge >= 0.3 is 5.97 Å². The fourth-order valence-corrected chi connectivity index (χ4v) is 0.940. The maximum Gasteiger partial charge on any atom is 0.334 e. The molecule has 0 spiro atoms. The van der Waals surface area contributed by atoms with Crippen molar-refractivity contribution < 1.29 is 14.6 Å². The van der Waals surface area contributed by atoms with Crippen molar-refractivity contribution in [3.05, 3.63) is 0 Å². The zero-order valence-corrected chi connectivity index (χ0v) is 5.83. The minimum Gasteiger partial charge on any atom is -0.479 e. The highest BCUT2D eigenvalue weighted by molar-refractivity contribution is 5.72. The molecule has 1 heterocycles. The van der Waals surface area contributed by atoms with Gasteiger partial charge in [-0.15, -0.1) is 0 Å². The summed E-state index contributed by atoms with van der Waals surface area (Å²) in [6, 6.07) is 0. The fraction of sp³-hybridized carbons (Fsp3) is 0.833. The Morgan fingerprint density at radius 3 is 2.80 bits per heavy atom.